The highest BCUT2D eigenvalue weighted by Crippen LogP contribution is 2.28. The third-order valence-corrected chi connectivity index (χ3v) is 5.26. The molecule has 0 unspecified atom stereocenters. The summed E-state index contributed by atoms with van der Waals surface area (Å²) in [6.45, 7) is 6.28. The van der Waals surface area contributed by atoms with Crippen molar-refractivity contribution in [2.24, 2.45) is 11.8 Å². The maximum atomic E-state index is 12.7. The van der Waals surface area contributed by atoms with Crippen molar-refractivity contribution in [2.45, 2.75) is 33.1 Å². The van der Waals surface area contributed by atoms with E-state index in [4.69, 9.17) is 4.74 Å². The average Bonchev–Trinajstić information content (AvgIpc) is 3.04. The molecule has 0 radical (unpaired) electrons. The van der Waals surface area contributed by atoms with Gasteiger partial charge in [0.1, 0.15) is 0 Å². The van der Waals surface area contributed by atoms with Crippen LogP contribution >= 0.6 is 0 Å². The topological polar surface area (TPSA) is 66.9 Å². The maximum Gasteiger partial charge on any atom is 0.338 e. The normalized spacial score (nSPS) is 21.2. The minimum atomic E-state index is -0.376. The van der Waals surface area contributed by atoms with E-state index in [0.29, 0.717) is 30.3 Å². The van der Waals surface area contributed by atoms with Crippen molar-refractivity contribution < 1.29 is 19.1 Å². The molecule has 0 spiro atoms. The Morgan fingerprint density at radius 2 is 1.81 bits per heavy atom. The quantitative estimate of drug-likeness (QED) is 0.776. The Bertz CT molecular complexity index is 678. The van der Waals surface area contributed by atoms with E-state index in [-0.39, 0.29) is 30.1 Å². The zero-order chi connectivity index (χ0) is 18.7. The fourth-order valence-corrected chi connectivity index (χ4v) is 3.60. The summed E-state index contributed by atoms with van der Waals surface area (Å²) in [5.74, 6) is 0.0620. The number of anilines is 1. The number of nitrogens with zero attached hydrogens (tertiary/aromatic N) is 2. The van der Waals surface area contributed by atoms with Gasteiger partial charge in [-0.1, -0.05) is 6.92 Å². The van der Waals surface area contributed by atoms with E-state index in [2.05, 4.69) is 6.92 Å². The van der Waals surface area contributed by atoms with Crippen LogP contribution in [-0.2, 0) is 14.3 Å². The van der Waals surface area contributed by atoms with Crippen LogP contribution in [0.4, 0.5) is 5.69 Å². The molecule has 0 aliphatic carbocycles. The molecule has 3 rings (SSSR count). The summed E-state index contributed by atoms with van der Waals surface area (Å²) in [5, 5.41) is 0. The minimum Gasteiger partial charge on any atom is -0.462 e. The molecule has 2 fully saturated rings. The number of carbonyl (C=O) groups is 3. The van der Waals surface area contributed by atoms with Crippen LogP contribution in [0.2, 0.25) is 0 Å². The molecule has 6 heteroatoms. The summed E-state index contributed by atoms with van der Waals surface area (Å²) in [5.41, 5.74) is 1.17. The number of esters is 1. The Kier molecular flexibility index (Phi) is 5.59. The van der Waals surface area contributed by atoms with Crippen LogP contribution in [0.15, 0.2) is 24.3 Å². The monoisotopic (exact) mass is 358 g/mol. The van der Waals surface area contributed by atoms with E-state index in [1.165, 1.54) is 0 Å². The van der Waals surface area contributed by atoms with Crippen LogP contribution in [0.25, 0.3) is 0 Å². The molecule has 1 aromatic rings. The predicted octanol–water partition coefficient (Wildman–Crippen LogP) is 2.47. The van der Waals surface area contributed by atoms with Crippen molar-refractivity contribution in [1.82, 2.24) is 4.90 Å². The number of carbonyl (C=O) groups excluding carboxylic acids is 3. The van der Waals surface area contributed by atoms with E-state index in [0.717, 1.165) is 25.9 Å². The fraction of sp³-hybridized carbons (Fsp3) is 0.550. The van der Waals surface area contributed by atoms with Gasteiger partial charge in [0.25, 0.3) is 0 Å². The molecule has 0 saturated carbocycles. The first-order chi connectivity index (χ1) is 12.5. The Labute approximate surface area is 154 Å². The van der Waals surface area contributed by atoms with Crippen molar-refractivity contribution in [3.63, 3.8) is 0 Å². The van der Waals surface area contributed by atoms with E-state index < -0.39 is 0 Å². The van der Waals surface area contributed by atoms with E-state index >= 15 is 0 Å². The molecule has 2 aliphatic heterocycles. The molecule has 6 nitrogen and oxygen atoms in total. The Balaban J connectivity index is 1.64. The highest BCUT2D eigenvalue weighted by Gasteiger charge is 2.37. The summed E-state index contributed by atoms with van der Waals surface area (Å²) in [7, 11) is 0. The Hall–Kier alpha value is -2.37. The van der Waals surface area contributed by atoms with E-state index in [9.17, 15) is 14.4 Å². The second-order valence-electron chi connectivity index (χ2n) is 7.18. The van der Waals surface area contributed by atoms with Crippen LogP contribution < -0.4 is 4.90 Å². The van der Waals surface area contributed by atoms with Gasteiger partial charge in [0.15, 0.2) is 0 Å². The maximum absolute atomic E-state index is 12.7. The summed E-state index contributed by atoms with van der Waals surface area (Å²) in [6.07, 6.45) is 2.32. The molecule has 0 N–H and O–H groups in total. The Morgan fingerprint density at radius 1 is 1.15 bits per heavy atom. The van der Waals surface area contributed by atoms with Gasteiger partial charge in [-0.3, -0.25) is 9.59 Å². The molecule has 2 saturated heterocycles. The van der Waals surface area contributed by atoms with Crippen molar-refractivity contribution >= 4 is 23.5 Å². The van der Waals surface area contributed by atoms with Crippen LogP contribution in [-0.4, -0.2) is 48.9 Å². The van der Waals surface area contributed by atoms with Gasteiger partial charge < -0.3 is 14.5 Å². The van der Waals surface area contributed by atoms with Gasteiger partial charge in [0, 0.05) is 31.7 Å². The SMILES string of the molecule is CCOC(=O)c1ccc(N2C[C@@H](C(=O)N3CCC(C)CC3)CC2=O)cc1. The first-order valence-electron chi connectivity index (χ1n) is 9.36. The van der Waals surface area contributed by atoms with Gasteiger partial charge in [-0.2, -0.15) is 0 Å². The Morgan fingerprint density at radius 3 is 2.42 bits per heavy atom. The van der Waals surface area contributed by atoms with Crippen molar-refractivity contribution in [2.75, 3.05) is 31.1 Å². The second-order valence-corrected chi connectivity index (χ2v) is 7.18. The van der Waals surface area contributed by atoms with Crippen molar-refractivity contribution in [3.05, 3.63) is 29.8 Å². The number of benzene rings is 1. The second kappa shape index (κ2) is 7.89. The summed E-state index contributed by atoms with van der Waals surface area (Å²) >= 11 is 0. The lowest BCUT2D eigenvalue weighted by atomic mass is 9.97. The summed E-state index contributed by atoms with van der Waals surface area (Å²) in [4.78, 5) is 40.4. The van der Waals surface area contributed by atoms with Crippen LogP contribution in [0.3, 0.4) is 0 Å². The van der Waals surface area contributed by atoms with Crippen LogP contribution in [0, 0.1) is 11.8 Å². The summed E-state index contributed by atoms with van der Waals surface area (Å²) < 4.78 is 4.97. The first-order valence-corrected chi connectivity index (χ1v) is 9.36. The van der Waals surface area contributed by atoms with Gasteiger partial charge in [-0.05, 0) is 49.9 Å². The number of rotatable bonds is 4. The van der Waals surface area contributed by atoms with Crippen LogP contribution in [0.5, 0.6) is 0 Å². The predicted molar refractivity (Wildman–Crippen MR) is 97.8 cm³/mol. The third-order valence-electron chi connectivity index (χ3n) is 5.26. The zero-order valence-electron chi connectivity index (χ0n) is 15.4. The molecule has 0 aromatic heterocycles. The van der Waals surface area contributed by atoms with Gasteiger partial charge in [0.05, 0.1) is 18.1 Å². The third kappa shape index (κ3) is 3.89. The lowest BCUT2D eigenvalue weighted by Crippen LogP contribution is -2.42. The molecular formula is C20H26N2O4. The molecule has 1 aromatic carbocycles. The minimum absolute atomic E-state index is 0.0439. The van der Waals surface area contributed by atoms with Gasteiger partial charge in [-0.25, -0.2) is 4.79 Å². The zero-order valence-corrected chi connectivity index (χ0v) is 15.4. The standard InChI is InChI=1S/C20H26N2O4/c1-3-26-20(25)15-4-6-17(7-5-15)22-13-16(12-18(22)23)19(24)21-10-8-14(2)9-11-21/h4-7,14,16H,3,8-13H2,1-2H3/t16-/m0/s1. The highest BCUT2D eigenvalue weighted by molar-refractivity contribution is 6.00. The molecule has 2 aliphatic rings. The molecular weight excluding hydrogens is 332 g/mol. The van der Waals surface area contributed by atoms with Gasteiger partial charge in [0.2, 0.25) is 11.8 Å². The molecule has 140 valence electrons. The fourth-order valence-electron chi connectivity index (χ4n) is 3.60. The van der Waals surface area contributed by atoms with E-state index in [1.807, 2.05) is 4.90 Å². The smallest absolute Gasteiger partial charge is 0.338 e. The summed E-state index contributed by atoms with van der Waals surface area (Å²) in [6, 6.07) is 6.78. The number of hydrogen-bond acceptors (Lipinski definition) is 4. The average molecular weight is 358 g/mol. The molecule has 26 heavy (non-hydrogen) atoms. The largest absolute Gasteiger partial charge is 0.462 e. The number of amides is 2. The molecule has 2 heterocycles. The molecule has 1 atom stereocenters. The lowest BCUT2D eigenvalue weighted by Gasteiger charge is -2.32. The van der Waals surface area contributed by atoms with Gasteiger partial charge >= 0.3 is 5.97 Å². The number of hydrogen-bond donors (Lipinski definition) is 0. The first kappa shape index (κ1) is 18.4. The lowest BCUT2D eigenvalue weighted by molar-refractivity contribution is -0.137. The van der Waals surface area contributed by atoms with E-state index in [1.54, 1.807) is 36.1 Å². The molecule has 0 bridgehead atoms. The van der Waals surface area contributed by atoms with Crippen molar-refractivity contribution in [3.8, 4) is 0 Å². The number of ether oxygens (including phenoxy) is 1. The highest BCUT2D eigenvalue weighted by atomic mass is 16.5. The van der Waals surface area contributed by atoms with Crippen LogP contribution in [0.1, 0.15) is 43.5 Å². The van der Waals surface area contributed by atoms with Gasteiger partial charge in [-0.15, -0.1) is 0 Å². The van der Waals surface area contributed by atoms with Crippen molar-refractivity contribution in [1.29, 1.82) is 0 Å². The number of likely N-dealkylation sites (tertiary alicyclic amines) is 1. The molecule has 2 amide bonds. The number of piperidine rings is 1.